The second kappa shape index (κ2) is 9.40. The number of hydrogen-bond acceptors (Lipinski definition) is 4. The van der Waals surface area contributed by atoms with Crippen LogP contribution in [0, 0.1) is 5.92 Å². The molecule has 0 spiro atoms. The van der Waals surface area contributed by atoms with E-state index in [-0.39, 0.29) is 6.10 Å². The summed E-state index contributed by atoms with van der Waals surface area (Å²) in [6.07, 6.45) is 4.68. The number of nitrogens with one attached hydrogen (secondary N) is 1. The molecular weight excluding hydrogens is 446 g/mol. The van der Waals surface area contributed by atoms with Crippen LogP contribution in [-0.2, 0) is 6.42 Å². The number of aliphatic hydroxyl groups is 1. The number of ether oxygens (including phenoxy) is 1. The number of H-pyrrole nitrogens is 1. The molecule has 0 radical (unpaired) electrons. The van der Waals surface area contributed by atoms with Gasteiger partial charge in [-0.05, 0) is 69.1 Å². The van der Waals surface area contributed by atoms with Crippen molar-refractivity contribution in [2.24, 2.45) is 5.92 Å². The molecule has 5 rings (SSSR count). The maximum absolute atomic E-state index is 10.3. The summed E-state index contributed by atoms with van der Waals surface area (Å²) in [5.74, 6) is 0.310. The molecule has 0 amide bonds. The minimum Gasteiger partial charge on any atom is -0.461 e. The molecule has 0 saturated heterocycles. The standard InChI is InChI=1S/C28H30ClN3O2/c1-28(2,33)21-12-14-22(15-13-21)34-27-30-24-17-23(29)25(31-26(24)32-27)20-10-8-19(9-11-20)16-18-6-4-3-5-7-18/h3-11,17,21-22,33H,12-16H2,1-2H3,(H,30,31,32)/t21-,22-. The number of rotatable bonds is 6. The fraction of sp³-hybridized carbons (Fsp3) is 0.357. The third-order valence-corrected chi connectivity index (χ3v) is 7.12. The third-order valence-electron chi connectivity index (χ3n) is 6.83. The maximum atomic E-state index is 10.3. The van der Waals surface area contributed by atoms with E-state index in [2.05, 4.69) is 58.5 Å². The summed E-state index contributed by atoms with van der Waals surface area (Å²) >= 11 is 6.59. The molecule has 0 bridgehead atoms. The Bertz CT molecular complexity index is 1250. The Morgan fingerprint density at radius 2 is 1.65 bits per heavy atom. The number of nitrogens with zero attached hydrogens (tertiary/aromatic N) is 2. The average molecular weight is 476 g/mol. The summed E-state index contributed by atoms with van der Waals surface area (Å²) < 4.78 is 6.13. The molecule has 2 aromatic carbocycles. The normalized spacial score (nSPS) is 18.8. The van der Waals surface area contributed by atoms with Crippen molar-refractivity contribution in [3.63, 3.8) is 0 Å². The molecule has 2 heterocycles. The Balaban J connectivity index is 1.30. The molecule has 1 aliphatic rings. The summed E-state index contributed by atoms with van der Waals surface area (Å²) in [7, 11) is 0. The zero-order chi connectivity index (χ0) is 23.7. The number of halogens is 1. The minimum absolute atomic E-state index is 0.0891. The Hall–Kier alpha value is -2.89. The fourth-order valence-electron chi connectivity index (χ4n) is 4.81. The van der Waals surface area contributed by atoms with Crippen LogP contribution in [0.3, 0.4) is 0 Å². The van der Waals surface area contributed by atoms with Crippen molar-refractivity contribution in [1.82, 2.24) is 15.0 Å². The lowest BCUT2D eigenvalue weighted by atomic mass is 9.78. The van der Waals surface area contributed by atoms with Crippen LogP contribution < -0.4 is 4.74 Å². The third kappa shape index (κ3) is 5.11. The molecule has 0 aliphatic heterocycles. The number of imidazole rings is 1. The number of aromatic amines is 1. The molecular formula is C28H30ClN3O2. The lowest BCUT2D eigenvalue weighted by molar-refractivity contribution is -0.0160. The van der Waals surface area contributed by atoms with Gasteiger partial charge in [0.2, 0.25) is 0 Å². The molecule has 6 heteroatoms. The maximum Gasteiger partial charge on any atom is 0.296 e. The van der Waals surface area contributed by atoms with E-state index in [0.717, 1.165) is 43.2 Å². The second-order valence-electron chi connectivity index (χ2n) is 9.84. The van der Waals surface area contributed by atoms with E-state index in [0.29, 0.717) is 28.3 Å². The van der Waals surface area contributed by atoms with Gasteiger partial charge in [0.05, 0.1) is 21.8 Å². The summed E-state index contributed by atoms with van der Waals surface area (Å²) in [6.45, 7) is 3.78. The quantitative estimate of drug-likeness (QED) is 0.330. The highest BCUT2D eigenvalue weighted by Crippen LogP contribution is 2.34. The van der Waals surface area contributed by atoms with Crippen LogP contribution in [0.15, 0.2) is 60.7 Å². The zero-order valence-electron chi connectivity index (χ0n) is 19.6. The number of benzene rings is 2. The van der Waals surface area contributed by atoms with Gasteiger partial charge < -0.3 is 14.8 Å². The molecule has 4 aromatic rings. The summed E-state index contributed by atoms with van der Waals surface area (Å²) in [4.78, 5) is 12.5. The molecule has 2 aromatic heterocycles. The van der Waals surface area contributed by atoms with Crippen molar-refractivity contribution in [1.29, 1.82) is 0 Å². The highest BCUT2D eigenvalue weighted by molar-refractivity contribution is 6.33. The molecule has 34 heavy (non-hydrogen) atoms. The molecule has 5 nitrogen and oxygen atoms in total. The van der Waals surface area contributed by atoms with E-state index in [4.69, 9.17) is 21.3 Å². The largest absolute Gasteiger partial charge is 0.461 e. The summed E-state index contributed by atoms with van der Waals surface area (Å²) in [5, 5.41) is 10.8. The predicted molar refractivity (Wildman–Crippen MR) is 136 cm³/mol. The van der Waals surface area contributed by atoms with E-state index in [9.17, 15) is 5.11 Å². The van der Waals surface area contributed by atoms with E-state index in [1.165, 1.54) is 11.1 Å². The topological polar surface area (TPSA) is 71.0 Å². The van der Waals surface area contributed by atoms with Crippen LogP contribution >= 0.6 is 11.6 Å². The van der Waals surface area contributed by atoms with E-state index in [1.54, 1.807) is 0 Å². The van der Waals surface area contributed by atoms with Gasteiger partial charge in [0.15, 0.2) is 5.65 Å². The highest BCUT2D eigenvalue weighted by atomic mass is 35.5. The first-order valence-corrected chi connectivity index (χ1v) is 12.3. The number of fused-ring (bicyclic) bond motifs is 1. The number of hydrogen-bond donors (Lipinski definition) is 2. The smallest absolute Gasteiger partial charge is 0.296 e. The SMILES string of the molecule is CC(C)(O)[C@H]1CC[C@H](Oc2nc3nc(-c4ccc(Cc5ccccc5)cc4)c(Cl)cc3[nH]2)CC1. The van der Waals surface area contributed by atoms with Gasteiger partial charge in [-0.25, -0.2) is 4.98 Å². The molecule has 1 aliphatic carbocycles. The van der Waals surface area contributed by atoms with Crippen molar-refractivity contribution < 1.29 is 9.84 Å². The molecule has 0 unspecified atom stereocenters. The molecule has 0 atom stereocenters. The first kappa shape index (κ1) is 22.9. The number of aromatic nitrogens is 3. The van der Waals surface area contributed by atoms with E-state index in [1.807, 2.05) is 26.0 Å². The average Bonchev–Trinajstić information content (AvgIpc) is 3.20. The lowest BCUT2D eigenvalue weighted by Gasteiger charge is -2.35. The van der Waals surface area contributed by atoms with Crippen LogP contribution in [-0.4, -0.2) is 31.8 Å². The monoisotopic (exact) mass is 475 g/mol. The minimum atomic E-state index is -0.638. The van der Waals surface area contributed by atoms with Gasteiger partial charge in [0.1, 0.15) is 6.10 Å². The Kier molecular flexibility index (Phi) is 6.32. The van der Waals surface area contributed by atoms with Gasteiger partial charge >= 0.3 is 0 Å². The predicted octanol–water partition coefficient (Wildman–Crippen LogP) is 6.58. The van der Waals surface area contributed by atoms with Crippen LogP contribution in [0.1, 0.15) is 50.7 Å². The van der Waals surface area contributed by atoms with Crippen LogP contribution in [0.4, 0.5) is 0 Å². The van der Waals surface area contributed by atoms with Gasteiger partial charge in [-0.1, -0.05) is 66.2 Å². The first-order chi connectivity index (χ1) is 16.3. The molecule has 2 N–H and O–H groups in total. The van der Waals surface area contributed by atoms with Gasteiger partial charge in [0.25, 0.3) is 6.01 Å². The van der Waals surface area contributed by atoms with Crippen molar-refractivity contribution in [3.8, 4) is 17.3 Å². The van der Waals surface area contributed by atoms with Gasteiger partial charge in [-0.2, -0.15) is 4.98 Å². The van der Waals surface area contributed by atoms with Crippen molar-refractivity contribution in [2.75, 3.05) is 0 Å². The van der Waals surface area contributed by atoms with Crippen molar-refractivity contribution in [3.05, 3.63) is 76.8 Å². The molecule has 1 saturated carbocycles. The van der Waals surface area contributed by atoms with Crippen LogP contribution in [0.2, 0.25) is 5.02 Å². The summed E-state index contributed by atoms with van der Waals surface area (Å²) in [5.41, 5.74) is 4.90. The summed E-state index contributed by atoms with van der Waals surface area (Å²) in [6, 6.07) is 21.1. The Morgan fingerprint density at radius 3 is 2.32 bits per heavy atom. The van der Waals surface area contributed by atoms with Crippen molar-refractivity contribution >= 4 is 22.8 Å². The van der Waals surface area contributed by atoms with Gasteiger partial charge in [-0.3, -0.25) is 0 Å². The zero-order valence-corrected chi connectivity index (χ0v) is 20.3. The lowest BCUT2D eigenvalue weighted by Crippen LogP contribution is -2.36. The van der Waals surface area contributed by atoms with E-state index < -0.39 is 5.60 Å². The van der Waals surface area contributed by atoms with Crippen LogP contribution in [0.5, 0.6) is 6.01 Å². The molecule has 1 fully saturated rings. The van der Waals surface area contributed by atoms with Gasteiger partial charge in [-0.15, -0.1) is 0 Å². The Morgan fingerprint density at radius 1 is 0.971 bits per heavy atom. The fourth-order valence-corrected chi connectivity index (χ4v) is 5.07. The second-order valence-corrected chi connectivity index (χ2v) is 10.2. The van der Waals surface area contributed by atoms with E-state index >= 15 is 0 Å². The number of pyridine rings is 1. The van der Waals surface area contributed by atoms with Gasteiger partial charge in [0, 0.05) is 5.56 Å². The Labute approximate surface area is 205 Å². The first-order valence-electron chi connectivity index (χ1n) is 11.9. The van der Waals surface area contributed by atoms with Crippen LogP contribution in [0.25, 0.3) is 22.4 Å². The molecule has 176 valence electrons. The highest BCUT2D eigenvalue weighted by Gasteiger charge is 2.32. The van der Waals surface area contributed by atoms with Crippen molar-refractivity contribution in [2.45, 2.75) is 57.7 Å².